The Balaban J connectivity index is 1.32. The van der Waals surface area contributed by atoms with Gasteiger partial charge in [0.15, 0.2) is 23.2 Å². The highest BCUT2D eigenvalue weighted by atomic mass is 19.1. The normalized spacial score (nSPS) is 12.7. The number of carbonyl (C=O) groups is 1. The van der Waals surface area contributed by atoms with Crippen molar-refractivity contribution in [3.63, 3.8) is 0 Å². The van der Waals surface area contributed by atoms with Crippen molar-refractivity contribution in [3.05, 3.63) is 89.2 Å². The number of aromatic hydroxyl groups is 1. The Morgan fingerprint density at radius 1 is 1.00 bits per heavy atom. The fourth-order valence-electron chi connectivity index (χ4n) is 4.56. The Morgan fingerprint density at radius 3 is 2.47 bits per heavy atom. The standard InChI is InChI=1S/C29H26F2N4O3/c1-4-35-27-21(29(37)34(3)24-6-5-10-32-28(24)35)13-18(16-33-27)9-11-38-25-8-7-19(12-17(25)2)20-14-22(30)26(36)23(31)15-20/h5-8,10,12-16,36H,4,9,11H2,1-3H3. The predicted molar refractivity (Wildman–Crippen MR) is 141 cm³/mol. The first-order chi connectivity index (χ1) is 18.3. The highest BCUT2D eigenvalue weighted by Crippen LogP contribution is 2.37. The first-order valence-corrected chi connectivity index (χ1v) is 12.2. The van der Waals surface area contributed by atoms with E-state index in [1.165, 1.54) is 0 Å². The van der Waals surface area contributed by atoms with Crippen LogP contribution in [0.25, 0.3) is 11.1 Å². The molecule has 9 heteroatoms. The summed E-state index contributed by atoms with van der Waals surface area (Å²) in [7, 11) is 1.73. The summed E-state index contributed by atoms with van der Waals surface area (Å²) in [4.78, 5) is 25.9. The highest BCUT2D eigenvalue weighted by molar-refractivity contribution is 6.12. The van der Waals surface area contributed by atoms with Crippen LogP contribution in [0.2, 0.25) is 0 Å². The number of aromatic nitrogens is 2. The number of benzene rings is 2. The lowest BCUT2D eigenvalue weighted by Crippen LogP contribution is -2.25. The van der Waals surface area contributed by atoms with Crippen molar-refractivity contribution >= 4 is 23.2 Å². The molecule has 1 amide bonds. The Labute approximate surface area is 219 Å². The number of anilines is 3. The summed E-state index contributed by atoms with van der Waals surface area (Å²) in [6.45, 7) is 4.78. The maximum absolute atomic E-state index is 13.8. The third kappa shape index (κ3) is 4.51. The number of hydrogen-bond acceptors (Lipinski definition) is 6. The molecule has 0 radical (unpaired) electrons. The summed E-state index contributed by atoms with van der Waals surface area (Å²) in [5, 5.41) is 9.34. The number of fused-ring (bicyclic) bond motifs is 2. The number of pyridine rings is 2. The van der Waals surface area contributed by atoms with E-state index in [1.807, 2.05) is 30.9 Å². The predicted octanol–water partition coefficient (Wildman–Crippen LogP) is 5.81. The lowest BCUT2D eigenvalue weighted by molar-refractivity contribution is 0.0994. The Morgan fingerprint density at radius 2 is 1.76 bits per heavy atom. The van der Waals surface area contributed by atoms with Gasteiger partial charge in [-0.2, -0.15) is 0 Å². The van der Waals surface area contributed by atoms with Crippen LogP contribution in [0, 0.1) is 18.6 Å². The number of ether oxygens (including phenoxy) is 1. The molecule has 1 aliphatic heterocycles. The summed E-state index contributed by atoms with van der Waals surface area (Å²) in [6, 6.07) is 12.9. The number of phenols is 1. The Kier molecular flexibility index (Phi) is 6.67. The van der Waals surface area contributed by atoms with Gasteiger partial charge < -0.3 is 19.6 Å². The zero-order chi connectivity index (χ0) is 27.0. The molecule has 5 rings (SSSR count). The quantitative estimate of drug-likeness (QED) is 0.349. The first-order valence-electron chi connectivity index (χ1n) is 12.2. The molecular weight excluding hydrogens is 490 g/mol. The van der Waals surface area contributed by atoms with Crippen molar-refractivity contribution in [2.24, 2.45) is 0 Å². The lowest BCUT2D eigenvalue weighted by Gasteiger charge is -2.22. The number of hydrogen-bond donors (Lipinski definition) is 1. The molecule has 0 unspecified atom stereocenters. The summed E-state index contributed by atoms with van der Waals surface area (Å²) in [5.74, 6) is -1.29. The fraction of sp³-hybridized carbons (Fsp3) is 0.207. The van der Waals surface area contributed by atoms with Gasteiger partial charge in [0.2, 0.25) is 0 Å². The van der Waals surface area contributed by atoms with Gasteiger partial charge >= 0.3 is 0 Å². The molecule has 0 bridgehead atoms. The molecule has 0 atom stereocenters. The highest BCUT2D eigenvalue weighted by Gasteiger charge is 2.30. The van der Waals surface area contributed by atoms with Crippen molar-refractivity contribution in [1.82, 2.24) is 9.97 Å². The molecule has 2 aromatic heterocycles. The molecule has 1 N–H and O–H groups in total. The molecule has 0 fully saturated rings. The lowest BCUT2D eigenvalue weighted by atomic mass is 10.0. The van der Waals surface area contributed by atoms with E-state index in [-0.39, 0.29) is 5.91 Å². The van der Waals surface area contributed by atoms with Gasteiger partial charge in [0.25, 0.3) is 5.91 Å². The van der Waals surface area contributed by atoms with E-state index >= 15 is 0 Å². The molecule has 0 spiro atoms. The molecule has 0 saturated carbocycles. The van der Waals surface area contributed by atoms with Crippen LogP contribution in [-0.4, -0.2) is 41.2 Å². The number of phenolic OH excluding ortho intramolecular Hbond substituents is 1. The smallest absolute Gasteiger partial charge is 0.261 e. The monoisotopic (exact) mass is 516 g/mol. The molecule has 38 heavy (non-hydrogen) atoms. The maximum atomic E-state index is 13.8. The topological polar surface area (TPSA) is 78.8 Å². The molecule has 7 nitrogen and oxygen atoms in total. The number of carbonyl (C=O) groups excluding carboxylic acids is 1. The van der Waals surface area contributed by atoms with E-state index in [0.717, 1.165) is 28.9 Å². The number of rotatable bonds is 6. The van der Waals surface area contributed by atoms with E-state index < -0.39 is 17.4 Å². The van der Waals surface area contributed by atoms with Gasteiger partial charge in [0.05, 0.1) is 17.9 Å². The van der Waals surface area contributed by atoms with Crippen LogP contribution in [0.1, 0.15) is 28.4 Å². The third-order valence-electron chi connectivity index (χ3n) is 6.59. The zero-order valence-electron chi connectivity index (χ0n) is 21.2. The molecule has 0 saturated heterocycles. The second-order valence-corrected chi connectivity index (χ2v) is 9.04. The summed E-state index contributed by atoms with van der Waals surface area (Å²) in [6.07, 6.45) is 3.96. The molecule has 3 heterocycles. The fourth-order valence-corrected chi connectivity index (χ4v) is 4.56. The van der Waals surface area contributed by atoms with Crippen LogP contribution in [0.3, 0.4) is 0 Å². The van der Waals surface area contributed by atoms with Gasteiger partial charge in [0.1, 0.15) is 11.6 Å². The molecule has 0 aliphatic carbocycles. The first kappa shape index (κ1) is 25.1. The van der Waals surface area contributed by atoms with Crippen LogP contribution in [-0.2, 0) is 6.42 Å². The average molecular weight is 517 g/mol. The minimum Gasteiger partial charge on any atom is -0.503 e. The maximum Gasteiger partial charge on any atom is 0.261 e. The van der Waals surface area contributed by atoms with Crippen molar-refractivity contribution < 1.29 is 23.4 Å². The molecular formula is C29H26F2N4O3. The second-order valence-electron chi connectivity index (χ2n) is 9.04. The number of aryl methyl sites for hydroxylation is 1. The summed E-state index contributed by atoms with van der Waals surface area (Å²) < 4.78 is 33.5. The van der Waals surface area contributed by atoms with Crippen LogP contribution < -0.4 is 14.5 Å². The van der Waals surface area contributed by atoms with Crippen LogP contribution in [0.4, 0.5) is 26.1 Å². The van der Waals surface area contributed by atoms with Gasteiger partial charge in [-0.05, 0) is 78.6 Å². The Hall–Kier alpha value is -4.53. The number of nitrogens with zero attached hydrogens (tertiary/aromatic N) is 4. The molecule has 2 aromatic carbocycles. The van der Waals surface area contributed by atoms with E-state index in [4.69, 9.17) is 4.74 Å². The molecule has 4 aromatic rings. The van der Waals surface area contributed by atoms with Gasteiger partial charge in [-0.3, -0.25) is 4.79 Å². The summed E-state index contributed by atoms with van der Waals surface area (Å²) in [5.41, 5.74) is 3.78. The van der Waals surface area contributed by atoms with Crippen molar-refractivity contribution in [3.8, 4) is 22.6 Å². The van der Waals surface area contributed by atoms with E-state index in [9.17, 15) is 18.7 Å². The van der Waals surface area contributed by atoms with E-state index in [1.54, 1.807) is 48.6 Å². The van der Waals surface area contributed by atoms with Gasteiger partial charge in [0, 0.05) is 32.4 Å². The van der Waals surface area contributed by atoms with Crippen LogP contribution >= 0.6 is 0 Å². The average Bonchev–Trinajstić information content (AvgIpc) is 3.00. The van der Waals surface area contributed by atoms with Crippen molar-refractivity contribution in [2.45, 2.75) is 20.3 Å². The zero-order valence-corrected chi connectivity index (χ0v) is 21.2. The van der Waals surface area contributed by atoms with E-state index in [2.05, 4.69) is 9.97 Å². The largest absolute Gasteiger partial charge is 0.503 e. The molecule has 1 aliphatic rings. The molecule has 194 valence electrons. The second kappa shape index (κ2) is 10.1. The van der Waals surface area contributed by atoms with E-state index in [0.29, 0.717) is 53.6 Å². The Bertz CT molecular complexity index is 1520. The van der Waals surface area contributed by atoms with Gasteiger partial charge in [-0.25, -0.2) is 18.7 Å². The van der Waals surface area contributed by atoms with Gasteiger partial charge in [-0.15, -0.1) is 0 Å². The SMILES string of the molecule is CCN1c2ncc(CCOc3ccc(-c4cc(F)c(O)c(F)c4)cc3C)cc2C(=O)N(C)c2cccnc21. The van der Waals surface area contributed by atoms with Crippen LogP contribution in [0.5, 0.6) is 11.5 Å². The minimum absolute atomic E-state index is 0.158. The summed E-state index contributed by atoms with van der Waals surface area (Å²) >= 11 is 0. The van der Waals surface area contributed by atoms with Crippen LogP contribution in [0.15, 0.2) is 60.9 Å². The number of amides is 1. The minimum atomic E-state index is -1.01. The van der Waals surface area contributed by atoms with Gasteiger partial charge in [-0.1, -0.05) is 6.07 Å². The number of halogens is 2. The van der Waals surface area contributed by atoms with Crippen molar-refractivity contribution in [2.75, 3.05) is 30.0 Å². The third-order valence-corrected chi connectivity index (χ3v) is 6.59. The van der Waals surface area contributed by atoms with Crippen molar-refractivity contribution in [1.29, 1.82) is 0 Å².